The molecule has 0 radical (unpaired) electrons. The number of fused-ring (bicyclic) bond motifs is 1. The van der Waals surface area contributed by atoms with Crippen molar-refractivity contribution < 1.29 is 9.90 Å². The van der Waals surface area contributed by atoms with Gasteiger partial charge in [-0.1, -0.05) is 6.07 Å². The van der Waals surface area contributed by atoms with E-state index in [9.17, 15) is 14.7 Å². The van der Waals surface area contributed by atoms with Gasteiger partial charge >= 0.3 is 5.69 Å². The lowest BCUT2D eigenvalue weighted by atomic mass is 10.0. The standard InChI is InChI=1S/C27H43N7O3/c1-30-24-19-20(3-4-22(24)34(27(30)37)23-5-6-25(35)29-26(23)36)7-12-33-17-15-32(16-18-33)11-2-10-31-13-8-21(28)9-14-31/h3-4,19,21,23,25,35H,2,5-18,28H2,1H3,(H,29,36). The van der Waals surface area contributed by atoms with Gasteiger partial charge in [-0.2, -0.15) is 0 Å². The molecule has 4 N–H and O–H groups in total. The fraction of sp³-hybridized carbons (Fsp3) is 0.704. The molecule has 0 spiro atoms. The van der Waals surface area contributed by atoms with Crippen LogP contribution in [-0.2, 0) is 18.3 Å². The topological polar surface area (TPSA) is 112 Å². The number of nitrogens with zero attached hydrogens (tertiary/aromatic N) is 5. The Kier molecular flexibility index (Phi) is 8.31. The van der Waals surface area contributed by atoms with Gasteiger partial charge in [-0.05, 0) is 82.4 Å². The highest BCUT2D eigenvalue weighted by Gasteiger charge is 2.31. The second-order valence-electron chi connectivity index (χ2n) is 11.1. The average molecular weight is 514 g/mol. The van der Waals surface area contributed by atoms with Crippen molar-refractivity contribution in [3.8, 4) is 0 Å². The molecular weight excluding hydrogens is 470 g/mol. The van der Waals surface area contributed by atoms with Crippen molar-refractivity contribution in [2.75, 3.05) is 58.9 Å². The number of aliphatic hydroxyl groups is 1. The highest BCUT2D eigenvalue weighted by atomic mass is 16.3. The van der Waals surface area contributed by atoms with Crippen molar-refractivity contribution in [2.24, 2.45) is 12.8 Å². The smallest absolute Gasteiger partial charge is 0.329 e. The van der Waals surface area contributed by atoms with E-state index < -0.39 is 12.3 Å². The van der Waals surface area contributed by atoms with E-state index in [4.69, 9.17) is 5.73 Å². The van der Waals surface area contributed by atoms with E-state index in [0.717, 1.165) is 76.1 Å². The number of imidazole rings is 1. The molecule has 2 atom stereocenters. The van der Waals surface area contributed by atoms with Crippen molar-refractivity contribution in [3.63, 3.8) is 0 Å². The van der Waals surface area contributed by atoms with Gasteiger partial charge in [0.15, 0.2) is 0 Å². The molecule has 0 aliphatic carbocycles. The summed E-state index contributed by atoms with van der Waals surface area (Å²) >= 11 is 0. The summed E-state index contributed by atoms with van der Waals surface area (Å²) in [6.45, 7) is 10.1. The van der Waals surface area contributed by atoms with Crippen molar-refractivity contribution in [2.45, 2.75) is 56.8 Å². The Morgan fingerprint density at radius 3 is 2.22 bits per heavy atom. The SMILES string of the molecule is Cn1c(=O)n(C2CCC(O)NC2=O)c2ccc(CCN3CCN(CCCN4CCC(N)CC4)CC3)cc21. The fourth-order valence-electron chi connectivity index (χ4n) is 6.11. The van der Waals surface area contributed by atoms with E-state index in [-0.39, 0.29) is 11.6 Å². The molecule has 0 bridgehead atoms. The second-order valence-corrected chi connectivity index (χ2v) is 11.1. The maximum absolute atomic E-state index is 13.0. The average Bonchev–Trinajstić information content (AvgIpc) is 3.14. The fourth-order valence-corrected chi connectivity index (χ4v) is 6.11. The van der Waals surface area contributed by atoms with E-state index in [1.807, 2.05) is 6.07 Å². The van der Waals surface area contributed by atoms with Gasteiger partial charge in [0.25, 0.3) is 0 Å². The first-order valence-corrected chi connectivity index (χ1v) is 14.0. The minimum atomic E-state index is -0.831. The van der Waals surface area contributed by atoms with Crippen molar-refractivity contribution in [1.82, 2.24) is 29.2 Å². The number of benzene rings is 1. The van der Waals surface area contributed by atoms with E-state index in [2.05, 4.69) is 32.1 Å². The molecular formula is C27H43N7O3. The number of likely N-dealkylation sites (tertiary alicyclic amines) is 1. The maximum atomic E-state index is 13.0. The number of amides is 1. The Hall–Kier alpha value is -2.24. The molecule has 2 unspecified atom stereocenters. The number of nitrogens with two attached hydrogens (primary N) is 1. The number of carbonyl (C=O) groups excluding carboxylic acids is 1. The minimum absolute atomic E-state index is 0.191. The molecule has 10 nitrogen and oxygen atoms in total. The molecule has 4 heterocycles. The lowest BCUT2D eigenvalue weighted by molar-refractivity contribution is -0.130. The Morgan fingerprint density at radius 1 is 0.892 bits per heavy atom. The molecule has 37 heavy (non-hydrogen) atoms. The summed E-state index contributed by atoms with van der Waals surface area (Å²) in [6, 6.07) is 5.96. The van der Waals surface area contributed by atoms with Gasteiger partial charge in [0.2, 0.25) is 5.91 Å². The molecule has 204 valence electrons. The number of carbonyl (C=O) groups is 1. The monoisotopic (exact) mass is 513 g/mol. The van der Waals surface area contributed by atoms with Gasteiger partial charge < -0.3 is 30.9 Å². The number of aromatic nitrogens is 2. The number of rotatable bonds is 8. The lowest BCUT2D eigenvalue weighted by Crippen LogP contribution is -2.47. The lowest BCUT2D eigenvalue weighted by Gasteiger charge is -2.35. The van der Waals surface area contributed by atoms with E-state index in [1.165, 1.54) is 25.1 Å². The van der Waals surface area contributed by atoms with Crippen LogP contribution >= 0.6 is 0 Å². The van der Waals surface area contributed by atoms with E-state index in [0.29, 0.717) is 18.9 Å². The second kappa shape index (κ2) is 11.7. The number of hydrogen-bond donors (Lipinski definition) is 3. The van der Waals surface area contributed by atoms with Crippen LogP contribution in [0.1, 0.15) is 43.7 Å². The first-order chi connectivity index (χ1) is 17.9. The Morgan fingerprint density at radius 2 is 1.54 bits per heavy atom. The summed E-state index contributed by atoms with van der Waals surface area (Å²) in [5.41, 5.74) is 8.65. The van der Waals surface area contributed by atoms with Gasteiger partial charge in [-0.15, -0.1) is 0 Å². The maximum Gasteiger partial charge on any atom is 0.329 e. The van der Waals surface area contributed by atoms with Crippen LogP contribution in [0.3, 0.4) is 0 Å². The zero-order valence-corrected chi connectivity index (χ0v) is 22.1. The summed E-state index contributed by atoms with van der Waals surface area (Å²) in [5, 5.41) is 12.3. The van der Waals surface area contributed by atoms with Crippen LogP contribution in [0.15, 0.2) is 23.0 Å². The van der Waals surface area contributed by atoms with Gasteiger partial charge in [-0.25, -0.2) is 4.79 Å². The van der Waals surface area contributed by atoms with Gasteiger partial charge in [0.1, 0.15) is 12.3 Å². The molecule has 0 saturated carbocycles. The van der Waals surface area contributed by atoms with Gasteiger partial charge in [0, 0.05) is 45.8 Å². The third-order valence-electron chi connectivity index (χ3n) is 8.55. The Balaban J connectivity index is 1.11. The quantitative estimate of drug-likeness (QED) is 0.459. The predicted molar refractivity (Wildman–Crippen MR) is 144 cm³/mol. The summed E-state index contributed by atoms with van der Waals surface area (Å²) in [6.07, 6.45) is 4.50. The summed E-state index contributed by atoms with van der Waals surface area (Å²) < 4.78 is 3.22. The van der Waals surface area contributed by atoms with Crippen molar-refractivity contribution >= 4 is 16.9 Å². The molecule has 3 fully saturated rings. The molecule has 3 aliphatic heterocycles. The first-order valence-electron chi connectivity index (χ1n) is 14.0. The van der Waals surface area contributed by atoms with Crippen LogP contribution in [0.25, 0.3) is 11.0 Å². The zero-order chi connectivity index (χ0) is 25.9. The third kappa shape index (κ3) is 6.09. The summed E-state index contributed by atoms with van der Waals surface area (Å²) in [7, 11) is 1.76. The Labute approximate surface area is 219 Å². The number of piperidine rings is 2. The van der Waals surface area contributed by atoms with Gasteiger partial charge in [-0.3, -0.25) is 13.9 Å². The third-order valence-corrected chi connectivity index (χ3v) is 8.55. The number of nitrogens with one attached hydrogen (secondary N) is 1. The molecule has 3 aliphatic rings. The van der Waals surface area contributed by atoms with E-state index >= 15 is 0 Å². The van der Waals surface area contributed by atoms with Crippen LogP contribution < -0.4 is 16.7 Å². The molecule has 1 amide bonds. The molecule has 10 heteroatoms. The van der Waals surface area contributed by atoms with E-state index in [1.54, 1.807) is 16.2 Å². The van der Waals surface area contributed by atoms with Crippen LogP contribution in [0, 0.1) is 0 Å². The largest absolute Gasteiger partial charge is 0.374 e. The molecule has 1 aromatic heterocycles. The van der Waals surface area contributed by atoms with Crippen molar-refractivity contribution in [3.05, 3.63) is 34.2 Å². The van der Waals surface area contributed by atoms with Gasteiger partial charge in [0.05, 0.1) is 11.0 Å². The zero-order valence-electron chi connectivity index (χ0n) is 22.1. The number of piperazine rings is 1. The van der Waals surface area contributed by atoms with Crippen LogP contribution in [0.2, 0.25) is 0 Å². The normalized spacial score (nSPS) is 25.1. The number of aryl methyl sites for hydroxylation is 1. The molecule has 2 aromatic rings. The number of hydrogen-bond acceptors (Lipinski definition) is 7. The van der Waals surface area contributed by atoms with Crippen LogP contribution in [0.5, 0.6) is 0 Å². The molecule has 3 saturated heterocycles. The minimum Gasteiger partial charge on any atom is -0.374 e. The highest BCUT2D eigenvalue weighted by Crippen LogP contribution is 2.25. The van der Waals surface area contributed by atoms with Crippen molar-refractivity contribution in [1.29, 1.82) is 0 Å². The molecule has 5 rings (SSSR count). The summed E-state index contributed by atoms with van der Waals surface area (Å²) in [4.78, 5) is 33.2. The van der Waals surface area contributed by atoms with Crippen LogP contribution in [0.4, 0.5) is 0 Å². The highest BCUT2D eigenvalue weighted by molar-refractivity contribution is 5.85. The van der Waals surface area contributed by atoms with Crippen LogP contribution in [-0.4, -0.2) is 106 Å². The first kappa shape index (κ1) is 26.4. The predicted octanol–water partition coefficient (Wildman–Crippen LogP) is 0.0828. The summed E-state index contributed by atoms with van der Waals surface area (Å²) in [5.74, 6) is -0.298. The number of aliphatic hydroxyl groups excluding tert-OH is 1. The molecule has 1 aromatic carbocycles. The Bertz CT molecular complexity index is 1130.